The molecule has 0 radical (unpaired) electrons. The van der Waals surface area contributed by atoms with Gasteiger partial charge in [0.25, 0.3) is 0 Å². The Hall–Kier alpha value is -3.87. The number of alkyl halides is 1. The quantitative estimate of drug-likeness (QED) is 0.0789. The minimum absolute atomic E-state index is 0.170. The topological polar surface area (TPSA) is 69.2 Å². The lowest BCUT2D eigenvalue weighted by Crippen LogP contribution is -2.11. The Morgan fingerprint density at radius 1 is 0.614 bits per heavy atom. The molecule has 4 aromatic carbocycles. The number of H-pyrrole nitrogens is 2. The molecular formula is C45H52BrF4N5S2. The zero-order valence-corrected chi connectivity index (χ0v) is 37.0. The number of nitrogens with one attached hydrogen (secondary N) is 2. The van der Waals surface area contributed by atoms with Gasteiger partial charge in [0.05, 0.1) is 5.71 Å². The van der Waals surface area contributed by atoms with Gasteiger partial charge in [0.2, 0.25) is 4.77 Å². The van der Waals surface area contributed by atoms with Gasteiger partial charge in [0.15, 0.2) is 0 Å². The Morgan fingerprint density at radius 3 is 1.46 bits per heavy atom. The third kappa shape index (κ3) is 13.9. The molecule has 1 aromatic heterocycles. The summed E-state index contributed by atoms with van der Waals surface area (Å²) < 4.78 is 53.6. The molecule has 5 aromatic rings. The maximum Gasteiger partial charge on any atom is 0.213 e. The highest BCUT2D eigenvalue weighted by Gasteiger charge is 2.21. The second-order valence-corrected chi connectivity index (χ2v) is 17.2. The van der Waals surface area contributed by atoms with Gasteiger partial charge in [-0.05, 0) is 129 Å². The fourth-order valence-electron chi connectivity index (χ4n) is 6.46. The van der Waals surface area contributed by atoms with E-state index in [-0.39, 0.29) is 46.9 Å². The fourth-order valence-corrected chi connectivity index (χ4v) is 7.89. The molecule has 0 unspecified atom stereocenters. The van der Waals surface area contributed by atoms with Crippen molar-refractivity contribution in [3.8, 4) is 0 Å². The Balaban J connectivity index is 0.000000215. The summed E-state index contributed by atoms with van der Waals surface area (Å²) in [5.41, 5.74) is 9.68. The number of rotatable bonds is 11. The molecule has 1 aliphatic heterocycles. The van der Waals surface area contributed by atoms with E-state index < -0.39 is 0 Å². The largest absolute Gasteiger partial charge is 0.285 e. The van der Waals surface area contributed by atoms with Gasteiger partial charge in [-0.1, -0.05) is 95.6 Å². The summed E-state index contributed by atoms with van der Waals surface area (Å²) >= 11 is 9.87. The zero-order chi connectivity index (χ0) is 41.8. The summed E-state index contributed by atoms with van der Waals surface area (Å²) in [5, 5.41) is 16.2. The Kier molecular flexibility index (Phi) is 17.5. The average molecular weight is 883 g/mol. The molecule has 0 atom stereocenters. The third-order valence-electron chi connectivity index (χ3n) is 9.38. The van der Waals surface area contributed by atoms with Gasteiger partial charge < -0.3 is 0 Å². The van der Waals surface area contributed by atoms with E-state index in [0.717, 1.165) is 73.0 Å². The molecule has 0 spiro atoms. The van der Waals surface area contributed by atoms with Gasteiger partial charge in [-0.15, -0.1) is 16.9 Å². The molecule has 0 aliphatic carbocycles. The molecule has 0 fully saturated rings. The van der Waals surface area contributed by atoms with Crippen LogP contribution in [0, 0.1) is 28.0 Å². The van der Waals surface area contributed by atoms with Crippen LogP contribution in [0.3, 0.4) is 0 Å². The molecule has 0 amide bonds. The van der Waals surface area contributed by atoms with Crippen molar-refractivity contribution in [2.45, 2.75) is 109 Å². The van der Waals surface area contributed by atoms with E-state index in [1.807, 2.05) is 0 Å². The van der Waals surface area contributed by atoms with Crippen LogP contribution in [0.2, 0.25) is 0 Å². The highest BCUT2D eigenvalue weighted by Crippen LogP contribution is 2.32. The number of aromatic amines is 2. The first-order chi connectivity index (χ1) is 27.0. The first kappa shape index (κ1) is 45.8. The number of halogens is 5. The van der Waals surface area contributed by atoms with E-state index in [1.54, 1.807) is 60.3 Å². The van der Waals surface area contributed by atoms with E-state index in [0.29, 0.717) is 17.6 Å². The van der Waals surface area contributed by atoms with E-state index in [2.05, 4.69) is 96.7 Å². The van der Waals surface area contributed by atoms with E-state index in [9.17, 15) is 17.6 Å². The van der Waals surface area contributed by atoms with Crippen molar-refractivity contribution in [2.75, 3.05) is 0 Å². The second-order valence-electron chi connectivity index (χ2n) is 15.2. The lowest BCUT2D eigenvalue weighted by Gasteiger charge is -2.20. The molecule has 304 valence electrons. The van der Waals surface area contributed by atoms with Crippen LogP contribution >= 0.6 is 39.9 Å². The van der Waals surface area contributed by atoms with Gasteiger partial charge in [-0.2, -0.15) is 5.10 Å². The average Bonchev–Trinajstić information content (AvgIpc) is 3.80. The molecule has 2 N–H and O–H groups in total. The Bertz CT molecular complexity index is 2130. The van der Waals surface area contributed by atoms with Gasteiger partial charge in [-0.25, -0.2) is 22.5 Å². The van der Waals surface area contributed by atoms with E-state index in [4.69, 9.17) is 12.2 Å². The van der Waals surface area contributed by atoms with Crippen LogP contribution in [0.25, 0.3) is 0 Å². The fraction of sp³-hybridized carbons (Fsp3) is 0.378. The number of nitrogens with zero attached hydrogens (tertiary/aromatic N) is 3. The van der Waals surface area contributed by atoms with Crippen LogP contribution in [-0.2, 0) is 23.9 Å². The monoisotopic (exact) mass is 881 g/mol. The maximum atomic E-state index is 14.1. The molecule has 6 rings (SSSR count). The smallest absolute Gasteiger partial charge is 0.213 e. The van der Waals surface area contributed by atoms with Gasteiger partial charge in [-0.3, -0.25) is 10.2 Å². The Morgan fingerprint density at radius 2 is 1.05 bits per heavy atom. The summed E-state index contributed by atoms with van der Waals surface area (Å²) in [6.07, 6.45) is 2.05. The normalized spacial score (nSPS) is 12.4. The maximum absolute atomic E-state index is 14.1. The van der Waals surface area contributed by atoms with Gasteiger partial charge in [0, 0.05) is 30.3 Å². The summed E-state index contributed by atoms with van der Waals surface area (Å²) in [6, 6.07) is 19.5. The lowest BCUT2D eigenvalue weighted by molar-refractivity contribution is 0.615. The minimum atomic E-state index is -0.223. The zero-order valence-electron chi connectivity index (χ0n) is 33.8. The van der Waals surface area contributed by atoms with Crippen molar-refractivity contribution >= 4 is 50.7 Å². The molecule has 0 bridgehead atoms. The van der Waals surface area contributed by atoms with Crippen LogP contribution in [0.15, 0.2) is 83.0 Å². The molecular weight excluding hydrogens is 831 g/mol. The van der Waals surface area contributed by atoms with Crippen molar-refractivity contribution in [1.82, 2.24) is 15.2 Å². The Labute approximate surface area is 352 Å². The summed E-state index contributed by atoms with van der Waals surface area (Å²) in [7, 11) is 0. The number of hydrogen-bond acceptors (Lipinski definition) is 5. The van der Waals surface area contributed by atoms with E-state index in [1.165, 1.54) is 29.8 Å². The first-order valence-corrected chi connectivity index (χ1v) is 21.6. The first-order valence-electron chi connectivity index (χ1n) is 19.1. The molecule has 57 heavy (non-hydrogen) atoms. The number of aromatic nitrogens is 3. The SMILES string of the molecule is CC(C)c1cc(F)cc(C(C)C)c1CC1=NN=C(SCc2ccc(F)cc2)C1.CC(C)c1cc(F)cc(C(C)C)c1Cc1nc(=S)[nH][nH]1.Fc1ccc(CBr)cc1. The summed E-state index contributed by atoms with van der Waals surface area (Å²) in [5.74, 6) is 1.81. The molecule has 0 saturated carbocycles. The standard InChI is InChI=1S/C23H26F2N2S.C15H20FN3S.C7H6BrF/c1-14(2)20-9-18(25)10-21(15(3)4)22(20)11-19-12-23(27-26-19)28-13-16-5-7-17(24)8-6-16;1-8(2)11-5-10(16)6-12(9(3)4)13(11)7-14-17-15(20)19-18-14;8-5-6-1-3-7(9)4-2-6/h5-10,14-15H,11-13H2,1-4H3;5-6,8-9H,7H2,1-4H3,(H2,17,18,19,20);1-4H,5H2. The summed E-state index contributed by atoms with van der Waals surface area (Å²) in [6.45, 7) is 16.7. The molecule has 2 heterocycles. The predicted octanol–water partition coefficient (Wildman–Crippen LogP) is 14.0. The van der Waals surface area contributed by atoms with Crippen LogP contribution < -0.4 is 0 Å². The molecule has 12 heteroatoms. The second kappa shape index (κ2) is 21.8. The van der Waals surface area contributed by atoms with Crippen molar-refractivity contribution in [1.29, 1.82) is 0 Å². The van der Waals surface area contributed by atoms with Crippen LogP contribution in [0.1, 0.15) is 136 Å². The lowest BCUT2D eigenvalue weighted by atomic mass is 9.85. The third-order valence-corrected chi connectivity index (χ3v) is 11.3. The van der Waals surface area contributed by atoms with Crippen molar-refractivity contribution in [3.05, 3.63) is 151 Å². The number of thioether (sulfide) groups is 1. The number of benzene rings is 4. The van der Waals surface area contributed by atoms with Gasteiger partial charge in [0.1, 0.15) is 34.1 Å². The predicted molar refractivity (Wildman–Crippen MR) is 236 cm³/mol. The van der Waals surface area contributed by atoms with Crippen molar-refractivity contribution in [2.24, 2.45) is 10.2 Å². The summed E-state index contributed by atoms with van der Waals surface area (Å²) in [4.78, 5) is 4.24. The molecule has 0 saturated heterocycles. The van der Waals surface area contributed by atoms with E-state index >= 15 is 0 Å². The molecule has 5 nitrogen and oxygen atoms in total. The van der Waals surface area contributed by atoms with Crippen molar-refractivity contribution < 1.29 is 17.6 Å². The van der Waals surface area contributed by atoms with Crippen LogP contribution in [0.5, 0.6) is 0 Å². The number of hydrogen-bond donors (Lipinski definition) is 2. The van der Waals surface area contributed by atoms with Crippen LogP contribution in [-0.4, -0.2) is 25.9 Å². The minimum Gasteiger partial charge on any atom is -0.285 e. The highest BCUT2D eigenvalue weighted by molar-refractivity contribution is 9.08. The molecule has 1 aliphatic rings. The van der Waals surface area contributed by atoms with Crippen molar-refractivity contribution in [3.63, 3.8) is 0 Å². The van der Waals surface area contributed by atoms with Crippen LogP contribution in [0.4, 0.5) is 17.6 Å². The van der Waals surface area contributed by atoms with Gasteiger partial charge >= 0.3 is 0 Å². The highest BCUT2D eigenvalue weighted by atomic mass is 79.9.